The molecule has 0 aliphatic heterocycles. The summed E-state index contributed by atoms with van der Waals surface area (Å²) < 4.78 is 43.6. The number of halogens is 3. The number of sulfonamides is 1. The Bertz CT molecular complexity index is 1360. The van der Waals surface area contributed by atoms with Crippen LogP contribution in [0.15, 0.2) is 59.8 Å². The van der Waals surface area contributed by atoms with Crippen LogP contribution in [0.25, 0.3) is 16.8 Å². The number of nitrogen functional groups attached to an aromatic ring is 1. The Hall–Kier alpha value is -2.88. The molecule has 2 aromatic heterocycles. The molecule has 11 heteroatoms. The second-order valence-corrected chi connectivity index (χ2v) is 8.53. The summed E-state index contributed by atoms with van der Waals surface area (Å²) in [5.74, 6) is -0.486. The molecule has 0 aliphatic rings. The van der Waals surface area contributed by atoms with E-state index < -0.39 is 15.8 Å². The normalized spacial score (nSPS) is 11.7. The van der Waals surface area contributed by atoms with Crippen LogP contribution in [0.3, 0.4) is 0 Å². The topological polar surface area (TPSA) is 102 Å². The van der Waals surface area contributed by atoms with Gasteiger partial charge in [0, 0.05) is 28.4 Å². The van der Waals surface area contributed by atoms with E-state index in [2.05, 4.69) is 14.8 Å². The number of rotatable bonds is 4. The van der Waals surface area contributed by atoms with Crippen molar-refractivity contribution in [2.45, 2.75) is 4.90 Å². The lowest BCUT2D eigenvalue weighted by Gasteiger charge is -2.12. The van der Waals surface area contributed by atoms with Crippen molar-refractivity contribution in [3.63, 3.8) is 0 Å². The Kier molecular flexibility index (Phi) is 4.81. The second kappa shape index (κ2) is 7.18. The average Bonchev–Trinajstić information content (AvgIpc) is 3.14. The highest BCUT2D eigenvalue weighted by Crippen LogP contribution is 2.31. The van der Waals surface area contributed by atoms with Gasteiger partial charge in [-0.1, -0.05) is 23.2 Å². The monoisotopic (exact) mass is 451 g/mol. The lowest BCUT2D eigenvalue weighted by atomic mass is 10.1. The predicted molar refractivity (Wildman–Crippen MR) is 110 cm³/mol. The minimum absolute atomic E-state index is 0.00832. The highest BCUT2D eigenvalue weighted by Gasteiger charge is 2.20. The predicted octanol–water partition coefficient (Wildman–Crippen LogP) is 4.23. The molecule has 0 saturated carbocycles. The standard InChI is InChI=1S/C18H12Cl2FN5O2S/c19-10-1-4-14(20)16(7-10)29(27,28)25-11-2-3-12(15(21)8-11)13-9-23-17-5-6-24-26(17)18(13)22/h1-9,25H,22H2. The molecular weight excluding hydrogens is 440 g/mol. The van der Waals surface area contributed by atoms with Gasteiger partial charge in [-0.05, 0) is 36.4 Å². The lowest BCUT2D eigenvalue weighted by molar-refractivity contribution is 0.601. The third kappa shape index (κ3) is 3.59. The maximum Gasteiger partial charge on any atom is 0.263 e. The lowest BCUT2D eigenvalue weighted by Crippen LogP contribution is -2.13. The molecule has 0 atom stereocenters. The van der Waals surface area contributed by atoms with Gasteiger partial charge in [-0.15, -0.1) is 0 Å². The van der Waals surface area contributed by atoms with Gasteiger partial charge < -0.3 is 5.73 Å². The first-order chi connectivity index (χ1) is 13.8. The summed E-state index contributed by atoms with van der Waals surface area (Å²) in [5.41, 5.74) is 7.07. The third-order valence-electron chi connectivity index (χ3n) is 4.15. The van der Waals surface area contributed by atoms with Gasteiger partial charge in [-0.2, -0.15) is 9.61 Å². The van der Waals surface area contributed by atoms with Crippen molar-refractivity contribution in [1.29, 1.82) is 0 Å². The van der Waals surface area contributed by atoms with Crippen LogP contribution >= 0.6 is 23.2 Å². The number of anilines is 2. The molecule has 148 valence electrons. The van der Waals surface area contributed by atoms with E-state index in [-0.39, 0.29) is 32.0 Å². The first kappa shape index (κ1) is 19.4. The first-order valence-electron chi connectivity index (χ1n) is 8.12. The molecule has 0 aliphatic carbocycles. The van der Waals surface area contributed by atoms with Crippen molar-refractivity contribution in [1.82, 2.24) is 14.6 Å². The molecule has 0 bridgehead atoms. The molecule has 0 saturated heterocycles. The summed E-state index contributed by atoms with van der Waals surface area (Å²) in [6.45, 7) is 0. The van der Waals surface area contributed by atoms with Gasteiger partial charge in [0.2, 0.25) is 0 Å². The molecule has 0 fully saturated rings. The zero-order valence-corrected chi connectivity index (χ0v) is 16.8. The van der Waals surface area contributed by atoms with Gasteiger partial charge in [0.15, 0.2) is 5.65 Å². The molecule has 2 aromatic carbocycles. The molecule has 0 spiro atoms. The molecule has 7 nitrogen and oxygen atoms in total. The Labute approximate surface area is 174 Å². The van der Waals surface area contributed by atoms with Crippen molar-refractivity contribution in [3.8, 4) is 11.1 Å². The summed E-state index contributed by atoms with van der Waals surface area (Å²) in [7, 11) is -4.07. The average molecular weight is 452 g/mol. The van der Waals surface area contributed by atoms with Crippen LogP contribution in [0.4, 0.5) is 15.9 Å². The van der Waals surface area contributed by atoms with E-state index in [4.69, 9.17) is 28.9 Å². The molecule has 29 heavy (non-hydrogen) atoms. The minimum atomic E-state index is -4.07. The number of fused-ring (bicyclic) bond motifs is 1. The highest BCUT2D eigenvalue weighted by atomic mass is 35.5. The quantitative estimate of drug-likeness (QED) is 0.483. The van der Waals surface area contributed by atoms with Crippen LogP contribution in [-0.2, 0) is 10.0 Å². The summed E-state index contributed by atoms with van der Waals surface area (Å²) in [4.78, 5) is 3.96. The van der Waals surface area contributed by atoms with E-state index in [1.165, 1.54) is 47.2 Å². The zero-order valence-electron chi connectivity index (χ0n) is 14.5. The minimum Gasteiger partial charge on any atom is -0.383 e. The largest absolute Gasteiger partial charge is 0.383 e. The first-order valence-corrected chi connectivity index (χ1v) is 10.4. The molecule has 0 amide bonds. The molecule has 3 N–H and O–H groups in total. The number of nitrogens with two attached hydrogens (primary N) is 1. The Morgan fingerprint density at radius 3 is 2.62 bits per heavy atom. The van der Waals surface area contributed by atoms with E-state index in [0.717, 1.165) is 6.07 Å². The smallest absolute Gasteiger partial charge is 0.263 e. The summed E-state index contributed by atoms with van der Waals surface area (Å²) >= 11 is 11.8. The van der Waals surface area contributed by atoms with Crippen molar-refractivity contribution in [2.75, 3.05) is 10.5 Å². The van der Waals surface area contributed by atoms with Crippen LogP contribution in [0.2, 0.25) is 10.0 Å². The number of aromatic nitrogens is 3. The van der Waals surface area contributed by atoms with Crippen LogP contribution in [0, 0.1) is 5.82 Å². The number of nitrogens with zero attached hydrogens (tertiary/aromatic N) is 3. The SMILES string of the molecule is Nc1c(-c2ccc(NS(=O)(=O)c3cc(Cl)ccc3Cl)cc2F)cnc2ccnn12. The van der Waals surface area contributed by atoms with Crippen molar-refractivity contribution < 1.29 is 12.8 Å². The summed E-state index contributed by atoms with van der Waals surface area (Å²) in [5, 5.41) is 4.23. The van der Waals surface area contributed by atoms with Gasteiger partial charge in [0.1, 0.15) is 16.5 Å². The van der Waals surface area contributed by atoms with E-state index in [1.807, 2.05) is 0 Å². The van der Waals surface area contributed by atoms with Crippen LogP contribution in [0.1, 0.15) is 0 Å². The van der Waals surface area contributed by atoms with E-state index in [9.17, 15) is 12.8 Å². The van der Waals surface area contributed by atoms with Crippen LogP contribution in [-0.4, -0.2) is 23.0 Å². The van der Waals surface area contributed by atoms with E-state index in [0.29, 0.717) is 11.2 Å². The second-order valence-electron chi connectivity index (χ2n) is 6.03. The Balaban J connectivity index is 1.70. The Morgan fingerprint density at radius 1 is 1.07 bits per heavy atom. The van der Waals surface area contributed by atoms with Gasteiger partial charge in [0.05, 0.1) is 16.9 Å². The van der Waals surface area contributed by atoms with Crippen molar-refractivity contribution >= 4 is 50.4 Å². The Morgan fingerprint density at radius 2 is 1.86 bits per heavy atom. The number of nitrogens with one attached hydrogen (secondary N) is 1. The van der Waals surface area contributed by atoms with Crippen molar-refractivity contribution in [3.05, 3.63) is 70.7 Å². The van der Waals surface area contributed by atoms with Crippen LogP contribution < -0.4 is 10.5 Å². The highest BCUT2D eigenvalue weighted by molar-refractivity contribution is 7.92. The number of hydrogen-bond acceptors (Lipinski definition) is 5. The van der Waals surface area contributed by atoms with Gasteiger partial charge in [-0.25, -0.2) is 17.8 Å². The maximum atomic E-state index is 14.8. The van der Waals surface area contributed by atoms with Crippen LogP contribution in [0.5, 0.6) is 0 Å². The fraction of sp³-hybridized carbons (Fsp3) is 0. The van der Waals surface area contributed by atoms with Gasteiger partial charge in [-0.3, -0.25) is 4.72 Å². The fourth-order valence-corrected chi connectivity index (χ4v) is 4.60. The molecular formula is C18H12Cl2FN5O2S. The van der Waals surface area contributed by atoms with Crippen molar-refractivity contribution in [2.24, 2.45) is 0 Å². The fourth-order valence-electron chi connectivity index (χ4n) is 2.79. The molecule has 0 unspecified atom stereocenters. The molecule has 2 heterocycles. The summed E-state index contributed by atoms with van der Waals surface area (Å²) in [6.07, 6.45) is 2.96. The van der Waals surface area contributed by atoms with E-state index in [1.54, 1.807) is 6.07 Å². The number of benzene rings is 2. The number of hydrogen-bond donors (Lipinski definition) is 2. The maximum absolute atomic E-state index is 14.8. The van der Waals surface area contributed by atoms with Gasteiger partial charge >= 0.3 is 0 Å². The van der Waals surface area contributed by atoms with Gasteiger partial charge in [0.25, 0.3) is 10.0 Å². The zero-order chi connectivity index (χ0) is 20.8. The molecule has 4 aromatic rings. The molecule has 4 rings (SSSR count). The third-order valence-corrected chi connectivity index (χ3v) is 6.25. The summed E-state index contributed by atoms with van der Waals surface area (Å²) in [6, 6.07) is 9.54. The van der Waals surface area contributed by atoms with E-state index >= 15 is 0 Å². The molecule has 0 radical (unpaired) electrons.